The summed E-state index contributed by atoms with van der Waals surface area (Å²) < 4.78 is 8.45. The summed E-state index contributed by atoms with van der Waals surface area (Å²) in [5, 5.41) is 4.76. The quantitative estimate of drug-likeness (QED) is 0.409. The molecule has 0 aliphatic heterocycles. The Morgan fingerprint density at radius 1 is 0.920 bits per heavy atom. The molecule has 0 fully saturated rings. The summed E-state index contributed by atoms with van der Waals surface area (Å²) in [5.41, 5.74) is 5.28. The second-order valence-electron chi connectivity index (χ2n) is 6.42. The number of aryl methyl sites for hydroxylation is 2. The number of rotatable bonds is 1. The van der Waals surface area contributed by atoms with Crippen molar-refractivity contribution in [3.05, 3.63) is 72.7 Å². The lowest BCUT2D eigenvalue weighted by molar-refractivity contribution is -0.660. The molecular weight excluding hydrogens is 308 g/mol. The van der Waals surface area contributed by atoms with Crippen LogP contribution in [0.1, 0.15) is 5.56 Å². The number of pyridine rings is 2. The van der Waals surface area contributed by atoms with Gasteiger partial charge >= 0.3 is 0 Å². The van der Waals surface area contributed by atoms with Crippen molar-refractivity contribution < 1.29 is 8.98 Å². The largest absolute Gasteiger partial charge is 0.454 e. The molecular formula is C22H17N2O+. The van der Waals surface area contributed by atoms with Gasteiger partial charge in [-0.3, -0.25) is 4.98 Å². The van der Waals surface area contributed by atoms with E-state index in [1.807, 2.05) is 18.3 Å². The maximum atomic E-state index is 6.31. The lowest BCUT2D eigenvalue weighted by Gasteiger charge is -2.10. The van der Waals surface area contributed by atoms with E-state index >= 15 is 0 Å². The van der Waals surface area contributed by atoms with E-state index in [4.69, 9.17) is 4.42 Å². The number of furan rings is 1. The number of nitrogens with zero attached hydrogens (tertiary/aromatic N) is 2. The standard InChI is InChI=1S/C22H17N2O/c1-14-15-7-3-4-8-16(15)21-17-10-11-23-13-19(17)25-22(21)20(14)18-9-5-6-12-24(18)2/h3-13H,1-2H3/q+1. The van der Waals surface area contributed by atoms with Crippen molar-refractivity contribution in [3.8, 4) is 11.3 Å². The zero-order chi connectivity index (χ0) is 17.0. The van der Waals surface area contributed by atoms with Crippen molar-refractivity contribution in [2.24, 2.45) is 7.05 Å². The highest BCUT2D eigenvalue weighted by atomic mass is 16.3. The maximum Gasteiger partial charge on any atom is 0.216 e. The molecule has 120 valence electrons. The first-order chi connectivity index (χ1) is 12.3. The van der Waals surface area contributed by atoms with Gasteiger partial charge in [-0.05, 0) is 35.4 Å². The molecule has 3 aromatic heterocycles. The van der Waals surface area contributed by atoms with Gasteiger partial charge < -0.3 is 4.42 Å². The molecule has 0 aliphatic carbocycles. The Bertz CT molecular complexity index is 1270. The monoisotopic (exact) mass is 325 g/mol. The summed E-state index contributed by atoms with van der Waals surface area (Å²) in [4.78, 5) is 4.23. The summed E-state index contributed by atoms with van der Waals surface area (Å²) in [6.45, 7) is 2.18. The van der Waals surface area contributed by atoms with Crippen molar-refractivity contribution in [3.63, 3.8) is 0 Å². The van der Waals surface area contributed by atoms with Crippen LogP contribution in [0.2, 0.25) is 0 Å². The normalized spacial score (nSPS) is 11.6. The van der Waals surface area contributed by atoms with Crippen LogP contribution in [0.5, 0.6) is 0 Å². The number of hydrogen-bond donors (Lipinski definition) is 0. The van der Waals surface area contributed by atoms with E-state index < -0.39 is 0 Å². The van der Waals surface area contributed by atoms with Gasteiger partial charge in [0, 0.05) is 29.1 Å². The first kappa shape index (κ1) is 14.2. The molecule has 0 aliphatic rings. The minimum atomic E-state index is 0.827. The van der Waals surface area contributed by atoms with Gasteiger partial charge in [0.1, 0.15) is 12.6 Å². The molecule has 0 saturated carbocycles. The number of fused-ring (bicyclic) bond motifs is 5. The second kappa shape index (κ2) is 5.15. The summed E-state index contributed by atoms with van der Waals surface area (Å²) in [6.07, 6.45) is 5.70. The summed E-state index contributed by atoms with van der Waals surface area (Å²) in [5.74, 6) is 0. The summed E-state index contributed by atoms with van der Waals surface area (Å²) in [7, 11) is 2.07. The predicted molar refractivity (Wildman–Crippen MR) is 100 cm³/mol. The third kappa shape index (κ3) is 1.92. The summed E-state index contributed by atoms with van der Waals surface area (Å²) >= 11 is 0. The molecule has 0 N–H and O–H groups in total. The fourth-order valence-corrected chi connectivity index (χ4v) is 3.82. The van der Waals surface area contributed by atoms with Gasteiger partial charge in [0.25, 0.3) is 0 Å². The van der Waals surface area contributed by atoms with Gasteiger partial charge in [-0.25, -0.2) is 4.57 Å². The van der Waals surface area contributed by atoms with Gasteiger partial charge in [0.2, 0.25) is 5.69 Å². The van der Waals surface area contributed by atoms with Gasteiger partial charge in [0.15, 0.2) is 11.8 Å². The SMILES string of the molecule is Cc1c(-c2cccc[n+]2C)c2oc3cnccc3c2c2ccccc12. The number of hydrogen-bond acceptors (Lipinski definition) is 2. The van der Waals surface area contributed by atoms with Crippen molar-refractivity contribution in [1.82, 2.24) is 4.98 Å². The lowest BCUT2D eigenvalue weighted by Crippen LogP contribution is -2.30. The second-order valence-corrected chi connectivity index (χ2v) is 6.42. The Kier molecular flexibility index (Phi) is 2.92. The molecule has 5 aromatic rings. The first-order valence-electron chi connectivity index (χ1n) is 8.38. The van der Waals surface area contributed by atoms with Gasteiger partial charge in [-0.2, -0.15) is 0 Å². The number of benzene rings is 2. The Labute approximate surface area is 145 Å². The van der Waals surface area contributed by atoms with E-state index in [1.54, 1.807) is 6.20 Å². The Morgan fingerprint density at radius 3 is 2.56 bits per heavy atom. The highest BCUT2D eigenvalue weighted by Gasteiger charge is 2.23. The smallest absolute Gasteiger partial charge is 0.216 e. The Morgan fingerprint density at radius 2 is 1.72 bits per heavy atom. The zero-order valence-electron chi connectivity index (χ0n) is 14.2. The molecule has 0 saturated heterocycles. The van der Waals surface area contributed by atoms with E-state index in [1.165, 1.54) is 16.3 Å². The van der Waals surface area contributed by atoms with Crippen LogP contribution in [0.3, 0.4) is 0 Å². The molecule has 2 aromatic carbocycles. The molecule has 3 nitrogen and oxygen atoms in total. The molecule has 0 bridgehead atoms. The fraction of sp³-hybridized carbons (Fsp3) is 0.0909. The number of aromatic nitrogens is 2. The van der Waals surface area contributed by atoms with Crippen LogP contribution in [0.25, 0.3) is 44.0 Å². The molecule has 0 radical (unpaired) electrons. The molecule has 3 heteroatoms. The van der Waals surface area contributed by atoms with Crippen LogP contribution in [0.15, 0.2) is 71.5 Å². The molecule has 0 atom stereocenters. The van der Waals surface area contributed by atoms with Crippen molar-refractivity contribution >= 4 is 32.7 Å². The minimum Gasteiger partial charge on any atom is -0.454 e. The molecule has 3 heterocycles. The molecule has 25 heavy (non-hydrogen) atoms. The van der Waals surface area contributed by atoms with Crippen LogP contribution >= 0.6 is 0 Å². The average Bonchev–Trinajstić information content (AvgIpc) is 3.02. The fourth-order valence-electron chi connectivity index (χ4n) is 3.82. The molecule has 0 unspecified atom stereocenters. The van der Waals surface area contributed by atoms with E-state index in [0.717, 1.165) is 33.2 Å². The van der Waals surface area contributed by atoms with Crippen LogP contribution in [-0.4, -0.2) is 4.98 Å². The van der Waals surface area contributed by atoms with Crippen LogP contribution in [-0.2, 0) is 7.05 Å². The minimum absolute atomic E-state index is 0.827. The van der Waals surface area contributed by atoms with Crippen molar-refractivity contribution in [2.75, 3.05) is 0 Å². The van der Waals surface area contributed by atoms with E-state index in [2.05, 4.69) is 66.1 Å². The maximum absolute atomic E-state index is 6.31. The summed E-state index contributed by atoms with van der Waals surface area (Å²) in [6, 6.07) is 16.8. The highest BCUT2D eigenvalue weighted by Crippen LogP contribution is 2.42. The molecule has 5 rings (SSSR count). The molecule has 0 spiro atoms. The van der Waals surface area contributed by atoms with Gasteiger partial charge in [-0.15, -0.1) is 0 Å². The highest BCUT2D eigenvalue weighted by molar-refractivity contribution is 6.23. The lowest BCUT2D eigenvalue weighted by atomic mass is 9.93. The van der Waals surface area contributed by atoms with E-state index in [-0.39, 0.29) is 0 Å². The molecule has 0 amide bonds. The van der Waals surface area contributed by atoms with Gasteiger partial charge in [0.05, 0.1) is 11.8 Å². The van der Waals surface area contributed by atoms with Crippen LogP contribution in [0.4, 0.5) is 0 Å². The third-order valence-electron chi connectivity index (χ3n) is 5.01. The Balaban J connectivity index is 2.10. The third-order valence-corrected chi connectivity index (χ3v) is 5.01. The van der Waals surface area contributed by atoms with Crippen molar-refractivity contribution in [2.45, 2.75) is 6.92 Å². The average molecular weight is 325 g/mol. The zero-order valence-corrected chi connectivity index (χ0v) is 14.2. The van der Waals surface area contributed by atoms with E-state index in [9.17, 15) is 0 Å². The topological polar surface area (TPSA) is 29.9 Å². The van der Waals surface area contributed by atoms with E-state index in [0.29, 0.717) is 0 Å². The van der Waals surface area contributed by atoms with Gasteiger partial charge in [-0.1, -0.05) is 24.3 Å². The van der Waals surface area contributed by atoms with Crippen molar-refractivity contribution in [1.29, 1.82) is 0 Å². The predicted octanol–water partition coefficient (Wildman–Crippen LogP) is 4.93. The Hall–Kier alpha value is -3.20. The van der Waals surface area contributed by atoms with Crippen LogP contribution < -0.4 is 4.57 Å². The first-order valence-corrected chi connectivity index (χ1v) is 8.38. The van der Waals surface area contributed by atoms with Crippen LogP contribution in [0, 0.1) is 6.92 Å².